The van der Waals surface area contributed by atoms with E-state index in [0.29, 0.717) is 12.5 Å². The van der Waals surface area contributed by atoms with E-state index in [1.54, 1.807) is 0 Å². The minimum atomic E-state index is -2.04. The Kier molecular flexibility index (Phi) is 4.15. The van der Waals surface area contributed by atoms with Gasteiger partial charge in [0.1, 0.15) is 0 Å². The van der Waals surface area contributed by atoms with Gasteiger partial charge in [-0.15, -0.1) is 0 Å². The fourth-order valence-electron chi connectivity index (χ4n) is 2.20. The maximum Gasteiger partial charge on any atom is 0.310 e. The summed E-state index contributed by atoms with van der Waals surface area (Å²) in [5.74, 6) is -9.52. The molecular weight excluding hydrogens is 294 g/mol. The van der Waals surface area contributed by atoms with Gasteiger partial charge in [0.25, 0.3) is 5.91 Å². The predicted molar refractivity (Wildman–Crippen MR) is 62.3 cm³/mol. The highest BCUT2D eigenvalue weighted by molar-refractivity contribution is 5.95. The van der Waals surface area contributed by atoms with Crippen molar-refractivity contribution in [3.05, 3.63) is 34.9 Å². The monoisotopic (exact) mass is 305 g/mol. The third kappa shape index (κ3) is 2.70. The van der Waals surface area contributed by atoms with E-state index in [-0.39, 0.29) is 13.1 Å². The predicted octanol–water partition coefficient (Wildman–Crippen LogP) is 1.88. The normalized spacial score (nSPS) is 18.0. The van der Waals surface area contributed by atoms with Crippen molar-refractivity contribution < 1.29 is 31.9 Å². The average molecular weight is 305 g/mol. The number of esters is 1. The number of nitrogens with zero attached hydrogens (tertiary/aromatic N) is 1. The number of amides is 1. The number of hydrogen-bond acceptors (Lipinski definition) is 3. The molecule has 0 N–H and O–H groups in total. The second kappa shape index (κ2) is 5.71. The molecule has 0 radical (unpaired) electrons. The standard InChI is InChI=1S/C13H11F4NO3/c1-21-13(20)6-2-3-18(5-6)12(19)7-4-8(14)10(16)11(17)9(7)15/h4,6H,2-3,5H2,1H3. The topological polar surface area (TPSA) is 46.6 Å². The van der Waals surface area contributed by atoms with E-state index in [1.165, 1.54) is 7.11 Å². The van der Waals surface area contributed by atoms with Gasteiger partial charge in [0.2, 0.25) is 0 Å². The Hall–Kier alpha value is -2.12. The lowest BCUT2D eigenvalue weighted by atomic mass is 10.1. The number of rotatable bonds is 2. The van der Waals surface area contributed by atoms with E-state index in [4.69, 9.17) is 0 Å². The molecule has 0 aromatic heterocycles. The first kappa shape index (κ1) is 15.3. The molecule has 1 heterocycles. The molecule has 1 aliphatic heterocycles. The van der Waals surface area contributed by atoms with E-state index in [0.717, 1.165) is 4.90 Å². The SMILES string of the molecule is COC(=O)C1CCN(C(=O)c2cc(F)c(F)c(F)c2F)C1. The van der Waals surface area contributed by atoms with Gasteiger partial charge in [-0.2, -0.15) is 0 Å². The Morgan fingerprint density at radius 3 is 2.48 bits per heavy atom. The Labute approximate surface area is 117 Å². The van der Waals surface area contributed by atoms with Crippen LogP contribution in [0.1, 0.15) is 16.8 Å². The molecule has 8 heteroatoms. The lowest BCUT2D eigenvalue weighted by Crippen LogP contribution is -2.31. The quantitative estimate of drug-likeness (QED) is 0.363. The van der Waals surface area contributed by atoms with Crippen LogP contribution in [0.3, 0.4) is 0 Å². The zero-order valence-electron chi connectivity index (χ0n) is 11.0. The second-order valence-electron chi connectivity index (χ2n) is 4.61. The Balaban J connectivity index is 2.24. The van der Waals surface area contributed by atoms with Gasteiger partial charge < -0.3 is 9.64 Å². The third-order valence-corrected chi connectivity index (χ3v) is 3.34. The molecule has 1 unspecified atom stereocenters. The van der Waals surface area contributed by atoms with Gasteiger partial charge in [0, 0.05) is 13.1 Å². The molecule has 114 valence electrons. The van der Waals surface area contributed by atoms with E-state index in [9.17, 15) is 27.2 Å². The number of halogens is 4. The van der Waals surface area contributed by atoms with E-state index < -0.39 is 46.6 Å². The van der Waals surface area contributed by atoms with Crippen molar-refractivity contribution in [1.82, 2.24) is 4.90 Å². The Morgan fingerprint density at radius 1 is 1.19 bits per heavy atom. The molecule has 0 aliphatic carbocycles. The number of likely N-dealkylation sites (tertiary alicyclic amines) is 1. The molecule has 4 nitrogen and oxygen atoms in total. The van der Waals surface area contributed by atoms with Gasteiger partial charge in [-0.25, -0.2) is 17.6 Å². The summed E-state index contributed by atoms with van der Waals surface area (Å²) in [7, 11) is 1.19. The van der Waals surface area contributed by atoms with Crippen molar-refractivity contribution in [2.75, 3.05) is 20.2 Å². The molecule has 0 spiro atoms. The fourth-order valence-corrected chi connectivity index (χ4v) is 2.20. The van der Waals surface area contributed by atoms with Crippen LogP contribution >= 0.6 is 0 Å². The zero-order valence-corrected chi connectivity index (χ0v) is 11.0. The molecule has 21 heavy (non-hydrogen) atoms. The maximum atomic E-state index is 13.5. The third-order valence-electron chi connectivity index (χ3n) is 3.34. The van der Waals surface area contributed by atoms with E-state index in [2.05, 4.69) is 4.74 Å². The summed E-state index contributed by atoms with van der Waals surface area (Å²) in [4.78, 5) is 24.4. The average Bonchev–Trinajstić information content (AvgIpc) is 2.97. The van der Waals surface area contributed by atoms with Crippen molar-refractivity contribution in [1.29, 1.82) is 0 Å². The highest BCUT2D eigenvalue weighted by Crippen LogP contribution is 2.24. The molecule has 1 aromatic rings. The first-order valence-electron chi connectivity index (χ1n) is 6.07. The zero-order chi connectivity index (χ0) is 15.7. The number of benzene rings is 1. The molecule has 1 fully saturated rings. The summed E-state index contributed by atoms with van der Waals surface area (Å²) in [5, 5.41) is 0. The smallest absolute Gasteiger partial charge is 0.310 e. The van der Waals surface area contributed by atoms with Crippen molar-refractivity contribution in [3.63, 3.8) is 0 Å². The molecule has 1 aliphatic rings. The minimum absolute atomic E-state index is 0.0500. The molecule has 2 rings (SSSR count). The van der Waals surface area contributed by atoms with Crippen molar-refractivity contribution in [3.8, 4) is 0 Å². The van der Waals surface area contributed by atoms with Gasteiger partial charge in [0.05, 0.1) is 18.6 Å². The van der Waals surface area contributed by atoms with Crippen LogP contribution in [0.5, 0.6) is 0 Å². The van der Waals surface area contributed by atoms with Gasteiger partial charge in [-0.3, -0.25) is 9.59 Å². The van der Waals surface area contributed by atoms with Crippen molar-refractivity contribution in [2.45, 2.75) is 6.42 Å². The number of carbonyl (C=O) groups excluding carboxylic acids is 2. The number of methoxy groups -OCH3 is 1. The van der Waals surface area contributed by atoms with Crippen LogP contribution in [-0.2, 0) is 9.53 Å². The Bertz CT molecular complexity index is 606. The molecule has 0 saturated carbocycles. The lowest BCUT2D eigenvalue weighted by molar-refractivity contribution is -0.144. The first-order valence-corrected chi connectivity index (χ1v) is 6.07. The van der Waals surface area contributed by atoms with Crippen LogP contribution in [0.2, 0.25) is 0 Å². The molecular formula is C13H11F4NO3. The van der Waals surface area contributed by atoms with Crippen molar-refractivity contribution >= 4 is 11.9 Å². The van der Waals surface area contributed by atoms with Crippen LogP contribution in [0.25, 0.3) is 0 Å². The van der Waals surface area contributed by atoms with Gasteiger partial charge in [-0.05, 0) is 12.5 Å². The molecule has 1 aromatic carbocycles. The number of ether oxygens (including phenoxy) is 1. The van der Waals surface area contributed by atoms with Gasteiger partial charge in [-0.1, -0.05) is 0 Å². The Morgan fingerprint density at radius 2 is 1.86 bits per heavy atom. The second-order valence-corrected chi connectivity index (χ2v) is 4.61. The van der Waals surface area contributed by atoms with Crippen molar-refractivity contribution in [2.24, 2.45) is 5.92 Å². The molecule has 1 saturated heterocycles. The summed E-state index contributed by atoms with van der Waals surface area (Å²) in [6, 6.07) is 0.307. The van der Waals surface area contributed by atoms with Gasteiger partial charge in [0.15, 0.2) is 23.3 Å². The first-order chi connectivity index (χ1) is 9.86. The highest BCUT2D eigenvalue weighted by atomic mass is 19.2. The van der Waals surface area contributed by atoms with Crippen LogP contribution in [0, 0.1) is 29.2 Å². The number of carbonyl (C=O) groups is 2. The summed E-state index contributed by atoms with van der Waals surface area (Å²) in [6.07, 6.45) is 0.298. The summed E-state index contributed by atoms with van der Waals surface area (Å²) in [6.45, 7) is 0.0597. The highest BCUT2D eigenvalue weighted by Gasteiger charge is 2.34. The van der Waals surface area contributed by atoms with Crippen LogP contribution in [0.15, 0.2) is 6.07 Å². The van der Waals surface area contributed by atoms with E-state index >= 15 is 0 Å². The van der Waals surface area contributed by atoms with Crippen LogP contribution in [0.4, 0.5) is 17.6 Å². The largest absolute Gasteiger partial charge is 0.469 e. The lowest BCUT2D eigenvalue weighted by Gasteiger charge is -2.16. The summed E-state index contributed by atoms with van der Waals surface area (Å²) >= 11 is 0. The molecule has 1 amide bonds. The summed E-state index contributed by atoms with van der Waals surface area (Å²) < 4.78 is 57.1. The molecule has 0 bridgehead atoms. The van der Waals surface area contributed by atoms with Crippen LogP contribution < -0.4 is 0 Å². The summed E-state index contributed by atoms with van der Waals surface area (Å²) in [5.41, 5.74) is -0.906. The fraction of sp³-hybridized carbons (Fsp3) is 0.385. The minimum Gasteiger partial charge on any atom is -0.469 e. The van der Waals surface area contributed by atoms with Crippen LogP contribution in [-0.4, -0.2) is 37.0 Å². The number of hydrogen-bond donors (Lipinski definition) is 0. The maximum absolute atomic E-state index is 13.5. The molecule has 1 atom stereocenters. The van der Waals surface area contributed by atoms with Gasteiger partial charge >= 0.3 is 5.97 Å². The van der Waals surface area contributed by atoms with E-state index in [1.807, 2.05) is 0 Å².